The standard InChI is InChI=1S/C12H18BrFN2O/c1-2-3-4-16-11(7-17)8-5-9(13)12(15)10(14)6-8/h5-6,11,16-17H,2-4,7,15H2,1H3. The van der Waals surface area contributed by atoms with Crippen LogP contribution in [0, 0.1) is 5.82 Å². The van der Waals surface area contributed by atoms with Crippen LogP contribution in [0.1, 0.15) is 31.4 Å². The SMILES string of the molecule is CCCCNC(CO)c1cc(F)c(N)c(Br)c1. The number of rotatable bonds is 6. The van der Waals surface area contributed by atoms with Crippen LogP contribution in [0.15, 0.2) is 16.6 Å². The van der Waals surface area contributed by atoms with Gasteiger partial charge in [-0.1, -0.05) is 13.3 Å². The summed E-state index contributed by atoms with van der Waals surface area (Å²) in [6.45, 7) is 2.82. The number of nitrogen functional groups attached to an aromatic ring is 1. The van der Waals surface area contributed by atoms with E-state index in [9.17, 15) is 9.50 Å². The third kappa shape index (κ3) is 3.94. The Morgan fingerprint density at radius 3 is 2.76 bits per heavy atom. The van der Waals surface area contributed by atoms with Gasteiger partial charge in [0.05, 0.1) is 18.3 Å². The van der Waals surface area contributed by atoms with E-state index in [2.05, 4.69) is 28.2 Å². The average Bonchev–Trinajstić information content (AvgIpc) is 2.31. The van der Waals surface area contributed by atoms with Crippen molar-refractivity contribution in [3.63, 3.8) is 0 Å². The van der Waals surface area contributed by atoms with Crippen molar-refractivity contribution < 1.29 is 9.50 Å². The smallest absolute Gasteiger partial charge is 0.147 e. The highest BCUT2D eigenvalue weighted by molar-refractivity contribution is 9.10. The third-order valence-electron chi connectivity index (χ3n) is 2.61. The molecule has 1 rings (SSSR count). The molecule has 0 fully saturated rings. The molecular formula is C12H18BrFN2O. The molecule has 0 radical (unpaired) electrons. The van der Waals surface area contributed by atoms with Gasteiger partial charge < -0.3 is 16.2 Å². The second kappa shape index (κ2) is 6.93. The molecule has 1 aromatic rings. The number of nitrogens with one attached hydrogen (secondary N) is 1. The lowest BCUT2D eigenvalue weighted by Gasteiger charge is -2.17. The van der Waals surface area contributed by atoms with Crippen molar-refractivity contribution in [2.24, 2.45) is 0 Å². The molecular weight excluding hydrogens is 287 g/mol. The molecule has 0 spiro atoms. The predicted molar refractivity (Wildman–Crippen MR) is 71.2 cm³/mol. The zero-order chi connectivity index (χ0) is 12.8. The molecule has 0 amide bonds. The molecule has 17 heavy (non-hydrogen) atoms. The topological polar surface area (TPSA) is 58.3 Å². The lowest BCUT2D eigenvalue weighted by molar-refractivity contribution is 0.244. The summed E-state index contributed by atoms with van der Waals surface area (Å²) in [7, 11) is 0. The molecule has 0 heterocycles. The first kappa shape index (κ1) is 14.4. The first-order valence-electron chi connectivity index (χ1n) is 5.68. The first-order valence-corrected chi connectivity index (χ1v) is 6.48. The molecule has 0 bridgehead atoms. The Balaban J connectivity index is 2.81. The highest BCUT2D eigenvalue weighted by Crippen LogP contribution is 2.27. The fraction of sp³-hybridized carbons (Fsp3) is 0.500. The number of hydrogen-bond donors (Lipinski definition) is 3. The summed E-state index contributed by atoms with van der Waals surface area (Å²) in [4.78, 5) is 0. The van der Waals surface area contributed by atoms with E-state index in [1.54, 1.807) is 6.07 Å². The van der Waals surface area contributed by atoms with E-state index < -0.39 is 5.82 Å². The average molecular weight is 305 g/mol. The number of anilines is 1. The van der Waals surface area contributed by atoms with Crippen LogP contribution in [0.3, 0.4) is 0 Å². The highest BCUT2D eigenvalue weighted by atomic mass is 79.9. The Kier molecular flexibility index (Phi) is 5.88. The van der Waals surface area contributed by atoms with Gasteiger partial charge in [-0.3, -0.25) is 0 Å². The van der Waals surface area contributed by atoms with Gasteiger partial charge >= 0.3 is 0 Å². The van der Waals surface area contributed by atoms with E-state index in [0.29, 0.717) is 10.0 Å². The Morgan fingerprint density at radius 2 is 2.24 bits per heavy atom. The number of aliphatic hydroxyl groups excluding tert-OH is 1. The van der Waals surface area contributed by atoms with Gasteiger partial charge in [-0.2, -0.15) is 0 Å². The van der Waals surface area contributed by atoms with Crippen LogP contribution in [0.2, 0.25) is 0 Å². The van der Waals surface area contributed by atoms with Gasteiger partial charge in [0.2, 0.25) is 0 Å². The minimum Gasteiger partial charge on any atom is -0.395 e. The van der Waals surface area contributed by atoms with E-state index in [1.165, 1.54) is 6.07 Å². The molecule has 0 aliphatic rings. The number of nitrogens with two attached hydrogens (primary N) is 1. The zero-order valence-corrected chi connectivity index (χ0v) is 11.4. The Hall–Kier alpha value is -0.650. The second-order valence-electron chi connectivity index (χ2n) is 3.94. The molecule has 4 N–H and O–H groups in total. The fourth-order valence-electron chi connectivity index (χ4n) is 1.55. The summed E-state index contributed by atoms with van der Waals surface area (Å²) >= 11 is 3.20. The van der Waals surface area contributed by atoms with Gasteiger partial charge in [0.15, 0.2) is 0 Å². The van der Waals surface area contributed by atoms with Crippen LogP contribution in [-0.2, 0) is 0 Å². The molecule has 1 aromatic carbocycles. The van der Waals surface area contributed by atoms with Gasteiger partial charge in [-0.05, 0) is 46.6 Å². The molecule has 0 saturated carbocycles. The number of aliphatic hydroxyl groups is 1. The molecule has 3 nitrogen and oxygen atoms in total. The van der Waals surface area contributed by atoms with Crippen molar-refractivity contribution in [3.8, 4) is 0 Å². The van der Waals surface area contributed by atoms with Crippen LogP contribution in [-0.4, -0.2) is 18.3 Å². The minimum atomic E-state index is -0.467. The second-order valence-corrected chi connectivity index (χ2v) is 4.80. The number of unbranched alkanes of at least 4 members (excludes halogenated alkanes) is 1. The lowest BCUT2D eigenvalue weighted by Crippen LogP contribution is -2.25. The van der Waals surface area contributed by atoms with Crippen molar-refractivity contribution in [3.05, 3.63) is 28.0 Å². The summed E-state index contributed by atoms with van der Waals surface area (Å²) in [5, 5.41) is 12.5. The summed E-state index contributed by atoms with van der Waals surface area (Å²) in [6, 6.07) is 2.84. The van der Waals surface area contributed by atoms with Crippen LogP contribution in [0.5, 0.6) is 0 Å². The quantitative estimate of drug-likeness (QED) is 0.559. The van der Waals surface area contributed by atoms with Crippen molar-refractivity contribution in [2.75, 3.05) is 18.9 Å². The highest BCUT2D eigenvalue weighted by Gasteiger charge is 2.13. The number of halogens is 2. The van der Waals surface area contributed by atoms with Crippen molar-refractivity contribution in [2.45, 2.75) is 25.8 Å². The largest absolute Gasteiger partial charge is 0.395 e. The molecule has 0 aliphatic carbocycles. The maximum atomic E-state index is 13.5. The Morgan fingerprint density at radius 1 is 1.53 bits per heavy atom. The molecule has 1 atom stereocenters. The monoisotopic (exact) mass is 304 g/mol. The molecule has 1 unspecified atom stereocenters. The van der Waals surface area contributed by atoms with E-state index in [0.717, 1.165) is 19.4 Å². The lowest BCUT2D eigenvalue weighted by atomic mass is 10.1. The van der Waals surface area contributed by atoms with Gasteiger partial charge in [-0.25, -0.2) is 4.39 Å². The van der Waals surface area contributed by atoms with Crippen LogP contribution < -0.4 is 11.1 Å². The molecule has 0 saturated heterocycles. The fourth-order valence-corrected chi connectivity index (χ4v) is 2.00. The molecule has 0 aromatic heterocycles. The van der Waals surface area contributed by atoms with E-state index >= 15 is 0 Å². The summed E-state index contributed by atoms with van der Waals surface area (Å²) in [6.07, 6.45) is 2.10. The minimum absolute atomic E-state index is 0.0699. The van der Waals surface area contributed by atoms with Gasteiger partial charge in [0.1, 0.15) is 5.82 Å². The number of hydrogen-bond acceptors (Lipinski definition) is 3. The van der Waals surface area contributed by atoms with Gasteiger partial charge in [-0.15, -0.1) is 0 Å². The zero-order valence-electron chi connectivity index (χ0n) is 9.84. The summed E-state index contributed by atoms with van der Waals surface area (Å²) in [5.41, 5.74) is 6.30. The van der Waals surface area contributed by atoms with Gasteiger partial charge in [0, 0.05) is 4.47 Å². The maximum Gasteiger partial charge on any atom is 0.147 e. The molecule has 0 aliphatic heterocycles. The van der Waals surface area contributed by atoms with E-state index in [-0.39, 0.29) is 18.3 Å². The summed E-state index contributed by atoms with van der Waals surface area (Å²) in [5.74, 6) is -0.467. The predicted octanol–water partition coefficient (Wildman–Crippen LogP) is 2.59. The Labute approximate surface area is 109 Å². The van der Waals surface area contributed by atoms with E-state index in [4.69, 9.17) is 5.73 Å². The van der Waals surface area contributed by atoms with Crippen LogP contribution in [0.25, 0.3) is 0 Å². The van der Waals surface area contributed by atoms with Crippen LogP contribution in [0.4, 0.5) is 10.1 Å². The van der Waals surface area contributed by atoms with Crippen molar-refractivity contribution in [1.29, 1.82) is 0 Å². The van der Waals surface area contributed by atoms with E-state index in [1.807, 2.05) is 0 Å². The normalized spacial score (nSPS) is 12.7. The maximum absolute atomic E-state index is 13.5. The Bertz CT molecular complexity index is 351. The first-order chi connectivity index (χ1) is 8.10. The van der Waals surface area contributed by atoms with Crippen molar-refractivity contribution >= 4 is 21.6 Å². The van der Waals surface area contributed by atoms with Crippen LogP contribution >= 0.6 is 15.9 Å². The molecule has 5 heteroatoms. The van der Waals surface area contributed by atoms with Gasteiger partial charge in [0.25, 0.3) is 0 Å². The number of benzene rings is 1. The third-order valence-corrected chi connectivity index (χ3v) is 3.26. The van der Waals surface area contributed by atoms with Crippen molar-refractivity contribution in [1.82, 2.24) is 5.32 Å². The summed E-state index contributed by atoms with van der Waals surface area (Å²) < 4.78 is 14.0. The molecule has 96 valence electrons.